The van der Waals surface area contributed by atoms with E-state index in [1.54, 1.807) is 0 Å². The van der Waals surface area contributed by atoms with Crippen molar-refractivity contribution in [1.82, 2.24) is 5.32 Å². The van der Waals surface area contributed by atoms with E-state index in [1.807, 2.05) is 20.8 Å². The Balaban J connectivity index is 0.000000861. The lowest BCUT2D eigenvalue weighted by atomic mass is 9.82. The molecule has 1 aliphatic rings. The second-order valence-electron chi connectivity index (χ2n) is 4.88. The van der Waals surface area contributed by atoms with Gasteiger partial charge < -0.3 is 5.32 Å². The fraction of sp³-hybridized carbons (Fsp3) is 0.588. The van der Waals surface area contributed by atoms with Gasteiger partial charge in [0.25, 0.3) is 0 Å². The fourth-order valence-corrected chi connectivity index (χ4v) is 2.63. The first-order valence-corrected chi connectivity index (χ1v) is 7.64. The minimum absolute atomic E-state index is 0.188. The molecule has 0 atom stereocenters. The van der Waals surface area contributed by atoms with Crippen LogP contribution in [-0.4, -0.2) is 11.9 Å². The summed E-state index contributed by atoms with van der Waals surface area (Å²) in [5, 5.41) is 3.10. The van der Waals surface area contributed by atoms with Gasteiger partial charge in [-0.25, -0.2) is 0 Å². The van der Waals surface area contributed by atoms with E-state index < -0.39 is 0 Å². The summed E-state index contributed by atoms with van der Waals surface area (Å²) in [4.78, 5) is 11.3. The molecule has 1 fully saturated rings. The molecule has 1 aromatic carbocycles. The van der Waals surface area contributed by atoms with Gasteiger partial charge in [0.2, 0.25) is 5.91 Å². The van der Waals surface area contributed by atoms with E-state index in [2.05, 4.69) is 35.6 Å². The van der Waals surface area contributed by atoms with E-state index in [0.29, 0.717) is 18.4 Å². The molecule has 0 spiro atoms. The average molecular weight is 261 g/mol. The first-order chi connectivity index (χ1) is 9.29. The molecule has 1 N–H and O–H groups in total. The number of rotatable bonds is 3. The van der Waals surface area contributed by atoms with Gasteiger partial charge in [-0.3, -0.25) is 4.79 Å². The maximum absolute atomic E-state index is 11.3. The molecule has 19 heavy (non-hydrogen) atoms. The Morgan fingerprint density at radius 2 is 1.68 bits per heavy atom. The predicted molar refractivity (Wildman–Crippen MR) is 81.2 cm³/mol. The molecule has 0 radical (unpaired) electrons. The van der Waals surface area contributed by atoms with Crippen molar-refractivity contribution in [3.8, 4) is 0 Å². The van der Waals surface area contributed by atoms with Gasteiger partial charge in [0, 0.05) is 12.5 Å². The fourth-order valence-electron chi connectivity index (χ4n) is 2.63. The Morgan fingerprint density at radius 3 is 2.21 bits per heavy atom. The normalized spacial score (nSPS) is 22.1. The monoisotopic (exact) mass is 261 g/mol. The van der Waals surface area contributed by atoms with Gasteiger partial charge in [-0.05, 0) is 37.2 Å². The van der Waals surface area contributed by atoms with Crippen molar-refractivity contribution in [2.45, 2.75) is 64.8 Å². The minimum Gasteiger partial charge on any atom is -0.353 e. The SMILES string of the molecule is CC.CCC(=O)NC1CCC(c2ccccc2)CC1. The Kier molecular flexibility index (Phi) is 7.24. The number of amides is 1. The Labute approximate surface area is 117 Å². The summed E-state index contributed by atoms with van der Waals surface area (Å²) >= 11 is 0. The zero-order chi connectivity index (χ0) is 14.1. The second-order valence-corrected chi connectivity index (χ2v) is 4.88. The number of hydrogen-bond donors (Lipinski definition) is 1. The lowest BCUT2D eigenvalue weighted by molar-refractivity contribution is -0.121. The lowest BCUT2D eigenvalue weighted by Gasteiger charge is -2.29. The summed E-state index contributed by atoms with van der Waals surface area (Å²) in [5.74, 6) is 0.874. The van der Waals surface area contributed by atoms with Crippen LogP contribution in [0.4, 0.5) is 0 Å². The van der Waals surface area contributed by atoms with Crippen LogP contribution in [0.25, 0.3) is 0 Å². The molecule has 1 aliphatic carbocycles. The van der Waals surface area contributed by atoms with Gasteiger partial charge in [-0.2, -0.15) is 0 Å². The van der Waals surface area contributed by atoms with E-state index in [0.717, 1.165) is 12.8 Å². The van der Waals surface area contributed by atoms with Gasteiger partial charge in [-0.15, -0.1) is 0 Å². The second kappa shape index (κ2) is 8.73. The number of carbonyl (C=O) groups excluding carboxylic acids is 1. The van der Waals surface area contributed by atoms with Crippen LogP contribution in [0.1, 0.15) is 64.4 Å². The van der Waals surface area contributed by atoms with E-state index in [1.165, 1.54) is 18.4 Å². The standard InChI is InChI=1S/C15H21NO.C2H6/c1-2-15(17)16-14-10-8-13(9-11-14)12-6-4-3-5-7-12;1-2/h3-7,13-14H,2,8-11H2,1H3,(H,16,17);1-2H3. The van der Waals surface area contributed by atoms with Crippen molar-refractivity contribution < 1.29 is 4.79 Å². The van der Waals surface area contributed by atoms with E-state index in [4.69, 9.17) is 0 Å². The zero-order valence-corrected chi connectivity index (χ0v) is 12.5. The highest BCUT2D eigenvalue weighted by Gasteiger charge is 2.22. The Hall–Kier alpha value is -1.31. The molecule has 1 aromatic rings. The third-order valence-electron chi connectivity index (χ3n) is 3.68. The van der Waals surface area contributed by atoms with Crippen LogP contribution in [0.2, 0.25) is 0 Å². The molecule has 0 saturated heterocycles. The molecule has 0 bridgehead atoms. The van der Waals surface area contributed by atoms with Crippen LogP contribution < -0.4 is 5.32 Å². The van der Waals surface area contributed by atoms with Crippen LogP contribution in [-0.2, 0) is 4.79 Å². The van der Waals surface area contributed by atoms with Crippen LogP contribution in [0, 0.1) is 0 Å². The van der Waals surface area contributed by atoms with Gasteiger partial charge in [-0.1, -0.05) is 51.1 Å². The quantitative estimate of drug-likeness (QED) is 0.865. The topological polar surface area (TPSA) is 29.1 Å². The van der Waals surface area contributed by atoms with Crippen molar-refractivity contribution in [2.24, 2.45) is 0 Å². The minimum atomic E-state index is 0.188. The third kappa shape index (κ3) is 5.06. The molecule has 1 saturated carbocycles. The van der Waals surface area contributed by atoms with Gasteiger partial charge in [0.15, 0.2) is 0 Å². The number of carbonyl (C=O) groups is 1. The maximum atomic E-state index is 11.3. The van der Waals surface area contributed by atoms with Gasteiger partial charge in [0.05, 0.1) is 0 Å². The summed E-state index contributed by atoms with van der Waals surface area (Å²) in [6, 6.07) is 11.1. The smallest absolute Gasteiger partial charge is 0.219 e. The summed E-state index contributed by atoms with van der Waals surface area (Å²) in [5.41, 5.74) is 1.45. The number of nitrogens with one attached hydrogen (secondary N) is 1. The molecule has 2 heteroatoms. The number of benzene rings is 1. The average Bonchev–Trinajstić information content (AvgIpc) is 2.51. The first kappa shape index (κ1) is 15.7. The van der Waals surface area contributed by atoms with E-state index in [9.17, 15) is 4.79 Å². The van der Waals surface area contributed by atoms with Crippen LogP contribution >= 0.6 is 0 Å². The van der Waals surface area contributed by atoms with Crippen molar-refractivity contribution in [3.63, 3.8) is 0 Å². The number of hydrogen-bond acceptors (Lipinski definition) is 1. The highest BCUT2D eigenvalue weighted by molar-refractivity contribution is 5.75. The van der Waals surface area contributed by atoms with Crippen molar-refractivity contribution in [2.75, 3.05) is 0 Å². The van der Waals surface area contributed by atoms with Crippen molar-refractivity contribution in [1.29, 1.82) is 0 Å². The molecular formula is C17H27NO. The highest BCUT2D eigenvalue weighted by atomic mass is 16.1. The van der Waals surface area contributed by atoms with E-state index in [-0.39, 0.29) is 5.91 Å². The molecule has 2 rings (SSSR count). The zero-order valence-electron chi connectivity index (χ0n) is 12.5. The summed E-state index contributed by atoms with van der Waals surface area (Å²) in [6.07, 6.45) is 5.21. The summed E-state index contributed by atoms with van der Waals surface area (Å²) in [7, 11) is 0. The maximum Gasteiger partial charge on any atom is 0.219 e. The predicted octanol–water partition coefficient (Wildman–Crippen LogP) is 4.27. The van der Waals surface area contributed by atoms with Crippen LogP contribution in [0.3, 0.4) is 0 Å². The molecule has 0 heterocycles. The van der Waals surface area contributed by atoms with Crippen molar-refractivity contribution in [3.05, 3.63) is 35.9 Å². The Morgan fingerprint density at radius 1 is 1.11 bits per heavy atom. The summed E-state index contributed by atoms with van der Waals surface area (Å²) < 4.78 is 0. The summed E-state index contributed by atoms with van der Waals surface area (Å²) in [6.45, 7) is 5.91. The van der Waals surface area contributed by atoms with Gasteiger partial charge in [0.1, 0.15) is 0 Å². The lowest BCUT2D eigenvalue weighted by Crippen LogP contribution is -2.36. The molecule has 106 valence electrons. The van der Waals surface area contributed by atoms with Crippen LogP contribution in [0.5, 0.6) is 0 Å². The first-order valence-electron chi connectivity index (χ1n) is 7.64. The van der Waals surface area contributed by atoms with Crippen LogP contribution in [0.15, 0.2) is 30.3 Å². The Bertz CT molecular complexity index is 353. The third-order valence-corrected chi connectivity index (χ3v) is 3.68. The highest BCUT2D eigenvalue weighted by Crippen LogP contribution is 2.32. The molecule has 2 nitrogen and oxygen atoms in total. The molecule has 1 amide bonds. The van der Waals surface area contributed by atoms with Crippen molar-refractivity contribution >= 4 is 5.91 Å². The molecular weight excluding hydrogens is 234 g/mol. The molecule has 0 unspecified atom stereocenters. The van der Waals surface area contributed by atoms with Gasteiger partial charge >= 0.3 is 0 Å². The molecule has 0 aromatic heterocycles. The largest absolute Gasteiger partial charge is 0.353 e. The van der Waals surface area contributed by atoms with E-state index >= 15 is 0 Å². The molecule has 0 aliphatic heterocycles.